The van der Waals surface area contributed by atoms with Crippen LogP contribution in [0.4, 0.5) is 0 Å². The zero-order chi connectivity index (χ0) is 11.8. The molecule has 1 aromatic carbocycles. The fourth-order valence-electron chi connectivity index (χ4n) is 1.55. The van der Waals surface area contributed by atoms with Gasteiger partial charge < -0.3 is 10.5 Å². The van der Waals surface area contributed by atoms with Crippen LogP contribution in [0.5, 0.6) is 5.75 Å². The summed E-state index contributed by atoms with van der Waals surface area (Å²) in [7, 11) is 0. The van der Waals surface area contributed by atoms with Crippen molar-refractivity contribution in [3.63, 3.8) is 0 Å². The molecule has 0 saturated carbocycles. The van der Waals surface area contributed by atoms with E-state index in [0.29, 0.717) is 0 Å². The van der Waals surface area contributed by atoms with Gasteiger partial charge in [-0.25, -0.2) is 0 Å². The summed E-state index contributed by atoms with van der Waals surface area (Å²) in [4.78, 5) is 0. The highest BCUT2D eigenvalue weighted by atomic mass is 32.2. The third-order valence-corrected chi connectivity index (χ3v) is 3.26. The Morgan fingerprint density at radius 1 is 1.12 bits per heavy atom. The van der Waals surface area contributed by atoms with E-state index in [1.54, 1.807) is 0 Å². The molecule has 0 aliphatic rings. The van der Waals surface area contributed by atoms with Gasteiger partial charge in [-0.2, -0.15) is 11.8 Å². The molecule has 90 valence electrons. The van der Waals surface area contributed by atoms with E-state index in [2.05, 4.69) is 32.0 Å². The van der Waals surface area contributed by atoms with Crippen LogP contribution in [0.3, 0.4) is 0 Å². The molecule has 0 amide bonds. The van der Waals surface area contributed by atoms with E-state index in [1.807, 2.05) is 11.8 Å². The molecule has 0 atom stereocenters. The van der Waals surface area contributed by atoms with Crippen molar-refractivity contribution in [3.05, 3.63) is 29.3 Å². The minimum atomic E-state index is 0.766. The Bertz CT molecular complexity index is 295. The highest BCUT2D eigenvalue weighted by Crippen LogP contribution is 2.16. The van der Waals surface area contributed by atoms with Gasteiger partial charge in [0.15, 0.2) is 0 Å². The lowest BCUT2D eigenvalue weighted by Gasteiger charge is -2.07. The lowest BCUT2D eigenvalue weighted by atomic mass is 10.1. The number of aryl methyl sites for hydroxylation is 2. The van der Waals surface area contributed by atoms with Crippen molar-refractivity contribution in [2.75, 3.05) is 24.7 Å². The molecule has 0 radical (unpaired) electrons. The molecule has 2 N–H and O–H groups in total. The molecule has 2 nitrogen and oxygen atoms in total. The van der Waals surface area contributed by atoms with Gasteiger partial charge >= 0.3 is 0 Å². The first-order valence-corrected chi connectivity index (χ1v) is 6.87. The monoisotopic (exact) mass is 239 g/mol. The van der Waals surface area contributed by atoms with E-state index in [4.69, 9.17) is 10.5 Å². The topological polar surface area (TPSA) is 35.2 Å². The van der Waals surface area contributed by atoms with E-state index in [9.17, 15) is 0 Å². The Balaban J connectivity index is 2.21. The van der Waals surface area contributed by atoms with E-state index in [0.717, 1.165) is 36.8 Å². The van der Waals surface area contributed by atoms with Crippen molar-refractivity contribution in [2.24, 2.45) is 5.73 Å². The smallest absolute Gasteiger partial charge is 0.119 e. The second kappa shape index (κ2) is 7.58. The molecule has 0 unspecified atom stereocenters. The van der Waals surface area contributed by atoms with Gasteiger partial charge in [-0.1, -0.05) is 6.07 Å². The molecule has 0 spiro atoms. The van der Waals surface area contributed by atoms with Crippen molar-refractivity contribution in [1.29, 1.82) is 0 Å². The normalized spacial score (nSPS) is 10.4. The van der Waals surface area contributed by atoms with Crippen molar-refractivity contribution in [3.8, 4) is 5.75 Å². The van der Waals surface area contributed by atoms with Gasteiger partial charge in [-0.15, -0.1) is 0 Å². The molecule has 0 saturated heterocycles. The van der Waals surface area contributed by atoms with Crippen LogP contribution < -0.4 is 10.5 Å². The predicted octanol–water partition coefficient (Wildman–Crippen LogP) is 2.76. The number of hydrogen-bond acceptors (Lipinski definition) is 3. The Morgan fingerprint density at radius 3 is 2.44 bits per heavy atom. The van der Waals surface area contributed by atoms with Crippen LogP contribution in [0.2, 0.25) is 0 Å². The van der Waals surface area contributed by atoms with Gasteiger partial charge in [-0.3, -0.25) is 0 Å². The van der Waals surface area contributed by atoms with E-state index in [1.165, 1.54) is 11.1 Å². The standard InChI is InChI=1S/C13H21NOS/c1-11-8-12(2)10-13(9-11)15-5-3-6-16-7-4-14/h8-10H,3-7,14H2,1-2H3. The molecule has 1 rings (SSSR count). The summed E-state index contributed by atoms with van der Waals surface area (Å²) < 4.78 is 5.70. The highest BCUT2D eigenvalue weighted by molar-refractivity contribution is 7.99. The van der Waals surface area contributed by atoms with Crippen LogP contribution in [-0.4, -0.2) is 24.7 Å². The molecule has 0 fully saturated rings. The summed E-state index contributed by atoms with van der Waals surface area (Å²) in [5, 5.41) is 0. The molecule has 0 aromatic heterocycles. The molecular weight excluding hydrogens is 218 g/mol. The zero-order valence-corrected chi connectivity index (χ0v) is 11.0. The lowest BCUT2D eigenvalue weighted by molar-refractivity contribution is 0.318. The maximum atomic E-state index is 5.70. The van der Waals surface area contributed by atoms with Crippen LogP contribution in [0.1, 0.15) is 17.5 Å². The minimum Gasteiger partial charge on any atom is -0.494 e. The molecule has 0 aliphatic heterocycles. The SMILES string of the molecule is Cc1cc(C)cc(OCCCSCCN)c1. The first-order valence-electron chi connectivity index (χ1n) is 5.71. The Hall–Kier alpha value is -0.670. The quantitative estimate of drug-likeness (QED) is 0.743. The maximum Gasteiger partial charge on any atom is 0.119 e. The number of ether oxygens (including phenoxy) is 1. The number of benzene rings is 1. The molecule has 1 aromatic rings. The van der Waals surface area contributed by atoms with Gasteiger partial charge in [0.05, 0.1) is 6.61 Å². The average molecular weight is 239 g/mol. The second-order valence-electron chi connectivity index (χ2n) is 3.93. The summed E-state index contributed by atoms with van der Waals surface area (Å²) in [6, 6.07) is 6.32. The summed E-state index contributed by atoms with van der Waals surface area (Å²) in [6.07, 6.45) is 1.08. The summed E-state index contributed by atoms with van der Waals surface area (Å²) >= 11 is 1.89. The summed E-state index contributed by atoms with van der Waals surface area (Å²) in [6.45, 7) is 5.75. The van der Waals surface area contributed by atoms with Crippen molar-refractivity contribution < 1.29 is 4.74 Å². The van der Waals surface area contributed by atoms with Gasteiger partial charge in [0.2, 0.25) is 0 Å². The van der Waals surface area contributed by atoms with Crippen molar-refractivity contribution in [1.82, 2.24) is 0 Å². The van der Waals surface area contributed by atoms with Gasteiger partial charge in [0.25, 0.3) is 0 Å². The van der Waals surface area contributed by atoms with Crippen molar-refractivity contribution >= 4 is 11.8 Å². The molecule has 0 bridgehead atoms. The Morgan fingerprint density at radius 2 is 1.81 bits per heavy atom. The fraction of sp³-hybridized carbons (Fsp3) is 0.538. The van der Waals surface area contributed by atoms with Crippen LogP contribution in [0.25, 0.3) is 0 Å². The first kappa shape index (κ1) is 13.4. The van der Waals surface area contributed by atoms with Crippen LogP contribution in [0, 0.1) is 13.8 Å². The third kappa shape index (κ3) is 5.42. The summed E-state index contributed by atoms with van der Waals surface area (Å²) in [5.41, 5.74) is 7.93. The molecule has 16 heavy (non-hydrogen) atoms. The van der Waals surface area contributed by atoms with Crippen LogP contribution >= 0.6 is 11.8 Å². The summed E-state index contributed by atoms with van der Waals surface area (Å²) in [5.74, 6) is 3.16. The van der Waals surface area contributed by atoms with Crippen molar-refractivity contribution in [2.45, 2.75) is 20.3 Å². The second-order valence-corrected chi connectivity index (χ2v) is 5.15. The van der Waals surface area contributed by atoms with E-state index < -0.39 is 0 Å². The molecular formula is C13H21NOS. The lowest BCUT2D eigenvalue weighted by Crippen LogP contribution is -2.04. The molecule has 0 aliphatic carbocycles. The van der Waals surface area contributed by atoms with Gasteiger partial charge in [0.1, 0.15) is 5.75 Å². The fourth-order valence-corrected chi connectivity index (χ4v) is 2.25. The Kier molecular flexibility index (Phi) is 6.34. The average Bonchev–Trinajstić information content (AvgIpc) is 2.22. The molecule has 3 heteroatoms. The van der Waals surface area contributed by atoms with Gasteiger partial charge in [-0.05, 0) is 49.3 Å². The number of hydrogen-bond donors (Lipinski definition) is 1. The largest absolute Gasteiger partial charge is 0.494 e. The highest BCUT2D eigenvalue weighted by Gasteiger charge is 1.96. The Labute approximate surface area is 103 Å². The van der Waals surface area contributed by atoms with Crippen LogP contribution in [0.15, 0.2) is 18.2 Å². The number of rotatable bonds is 7. The third-order valence-electron chi connectivity index (χ3n) is 2.16. The van der Waals surface area contributed by atoms with E-state index >= 15 is 0 Å². The maximum absolute atomic E-state index is 5.70. The zero-order valence-electron chi connectivity index (χ0n) is 10.2. The minimum absolute atomic E-state index is 0.766. The number of nitrogens with two attached hydrogens (primary N) is 1. The van der Waals surface area contributed by atoms with E-state index in [-0.39, 0.29) is 0 Å². The first-order chi connectivity index (χ1) is 7.72. The van der Waals surface area contributed by atoms with Crippen LogP contribution in [-0.2, 0) is 0 Å². The predicted molar refractivity (Wildman–Crippen MR) is 72.4 cm³/mol. The molecule has 0 heterocycles. The van der Waals surface area contributed by atoms with Gasteiger partial charge in [0, 0.05) is 12.3 Å². The number of thioether (sulfide) groups is 1.